The van der Waals surface area contributed by atoms with Crippen LogP contribution in [0.15, 0.2) is 92.3 Å². The van der Waals surface area contributed by atoms with Crippen LogP contribution in [0.1, 0.15) is 54.6 Å². The summed E-state index contributed by atoms with van der Waals surface area (Å²) >= 11 is 8.10. The molecule has 0 amide bonds. The number of rotatable bonds is 5. The molecule has 0 saturated carbocycles. The Balaban J connectivity index is 1.59. The van der Waals surface area contributed by atoms with Gasteiger partial charge >= 0.3 is 0 Å². The molecule has 0 aliphatic carbocycles. The molecule has 0 bridgehead atoms. The van der Waals surface area contributed by atoms with Gasteiger partial charge in [0.15, 0.2) is 11.2 Å². The van der Waals surface area contributed by atoms with Crippen molar-refractivity contribution in [3.05, 3.63) is 105 Å². The first-order valence-corrected chi connectivity index (χ1v) is 15.3. The first-order chi connectivity index (χ1) is 18.4. The van der Waals surface area contributed by atoms with Gasteiger partial charge in [0.2, 0.25) is 0 Å². The van der Waals surface area contributed by atoms with Crippen molar-refractivity contribution in [3.8, 4) is 5.75 Å². The van der Waals surface area contributed by atoms with Crippen molar-refractivity contribution in [1.82, 2.24) is 0 Å². The van der Waals surface area contributed by atoms with Crippen molar-refractivity contribution in [1.29, 1.82) is 0 Å². The van der Waals surface area contributed by atoms with Gasteiger partial charge in [-0.25, -0.2) is 0 Å². The Morgan fingerprint density at radius 3 is 2.50 bits per heavy atom. The lowest BCUT2D eigenvalue weighted by atomic mass is 9.96. The van der Waals surface area contributed by atoms with Gasteiger partial charge < -0.3 is 4.74 Å². The van der Waals surface area contributed by atoms with Gasteiger partial charge in [-0.05, 0) is 77.4 Å². The first kappa shape index (κ1) is 25.2. The maximum atomic E-state index is 13.9. The number of fused-ring (bicyclic) bond motifs is 4. The molecule has 0 radical (unpaired) electrons. The second kappa shape index (κ2) is 9.88. The maximum absolute atomic E-state index is 13.9. The molecule has 6 rings (SSSR count). The second-order valence-electron chi connectivity index (χ2n) is 9.82. The van der Waals surface area contributed by atoms with Gasteiger partial charge in [0.25, 0.3) is 0 Å². The van der Waals surface area contributed by atoms with E-state index in [4.69, 9.17) is 16.3 Å². The third-order valence-corrected chi connectivity index (χ3v) is 11.0. The fraction of sp³-hybridized carbons (Fsp3) is 0.188. The lowest BCUT2D eigenvalue weighted by molar-refractivity contribution is 0.103. The van der Waals surface area contributed by atoms with Gasteiger partial charge in [-0.2, -0.15) is 10.9 Å². The monoisotopic (exact) mass is 558 g/mol. The molecule has 6 heteroatoms. The van der Waals surface area contributed by atoms with Gasteiger partial charge in [-0.1, -0.05) is 50.6 Å². The summed E-state index contributed by atoms with van der Waals surface area (Å²) in [5.74, 6) is 1.09. The van der Waals surface area contributed by atoms with Gasteiger partial charge in [0, 0.05) is 31.0 Å². The minimum absolute atomic E-state index is 0.0711. The highest BCUT2D eigenvalue weighted by Crippen LogP contribution is 2.57. The summed E-state index contributed by atoms with van der Waals surface area (Å²) in [6.07, 6.45) is 0.879. The standard InChI is InChI=1S/C32H27ClO3S2/c1-4-15-36-25-12-11-24(33)29-31(35)22-17-20(10-13-26(22)37-32(25)29)38-27-8-6-5-7-21(27)30(34)23-16-19(18(2)3)9-14-28(23)38/h5-14,16-18,38H,4,15H2,1-3H3. The highest BCUT2D eigenvalue weighted by atomic mass is 35.5. The number of carbonyl (C=O) groups is 1. The molecule has 192 valence electrons. The predicted molar refractivity (Wildman–Crippen MR) is 161 cm³/mol. The summed E-state index contributed by atoms with van der Waals surface area (Å²) < 4.78 is 7.62. The van der Waals surface area contributed by atoms with Crippen LogP contribution in [0.3, 0.4) is 0 Å². The van der Waals surface area contributed by atoms with Crippen LogP contribution in [0, 0.1) is 0 Å². The number of ether oxygens (including phenoxy) is 1. The average Bonchev–Trinajstić information content (AvgIpc) is 2.93. The Hall–Kier alpha value is -3.12. The number of carbonyl (C=O) groups excluding carboxylic acids is 1. The molecule has 2 heterocycles. The minimum Gasteiger partial charge on any atom is -0.492 e. The topological polar surface area (TPSA) is 43.4 Å². The average molecular weight is 559 g/mol. The van der Waals surface area contributed by atoms with Crippen LogP contribution in [0.2, 0.25) is 5.02 Å². The quantitative estimate of drug-likeness (QED) is 0.169. The highest BCUT2D eigenvalue weighted by molar-refractivity contribution is 8.17. The third kappa shape index (κ3) is 4.05. The lowest BCUT2D eigenvalue weighted by Crippen LogP contribution is -2.13. The number of halogens is 1. The third-order valence-electron chi connectivity index (χ3n) is 7.00. The van der Waals surface area contributed by atoms with Crippen molar-refractivity contribution >= 4 is 59.8 Å². The zero-order valence-electron chi connectivity index (χ0n) is 21.4. The van der Waals surface area contributed by atoms with Crippen molar-refractivity contribution in [2.45, 2.75) is 47.8 Å². The van der Waals surface area contributed by atoms with Crippen LogP contribution in [-0.2, 0) is 0 Å². The van der Waals surface area contributed by atoms with Crippen molar-refractivity contribution in [3.63, 3.8) is 0 Å². The summed E-state index contributed by atoms with van der Waals surface area (Å²) in [6.45, 7) is 6.91. The Morgan fingerprint density at radius 2 is 1.71 bits per heavy atom. The van der Waals surface area contributed by atoms with E-state index in [1.807, 2.05) is 36.4 Å². The fourth-order valence-electron chi connectivity index (χ4n) is 5.05. The molecule has 1 aliphatic rings. The molecule has 1 aromatic heterocycles. The summed E-state index contributed by atoms with van der Waals surface area (Å²) in [7, 11) is -1.02. The molecule has 0 spiro atoms. The first-order valence-electron chi connectivity index (χ1n) is 12.8. The summed E-state index contributed by atoms with van der Waals surface area (Å²) in [5.41, 5.74) is 2.58. The van der Waals surface area contributed by atoms with Crippen LogP contribution in [0.5, 0.6) is 5.75 Å². The van der Waals surface area contributed by atoms with Crippen LogP contribution >= 0.6 is 33.8 Å². The molecular weight excluding hydrogens is 532 g/mol. The minimum atomic E-state index is -1.02. The molecule has 0 N–H and O–H groups in total. The largest absolute Gasteiger partial charge is 0.492 e. The molecule has 3 nitrogen and oxygen atoms in total. The summed E-state index contributed by atoms with van der Waals surface area (Å²) in [5, 5.41) is 1.58. The maximum Gasteiger partial charge on any atom is 0.197 e. The molecule has 5 aromatic rings. The Labute approximate surface area is 233 Å². The molecule has 1 unspecified atom stereocenters. The van der Waals surface area contributed by atoms with E-state index in [1.165, 1.54) is 11.3 Å². The van der Waals surface area contributed by atoms with Crippen LogP contribution in [-0.4, -0.2) is 12.4 Å². The number of ketones is 1. The van der Waals surface area contributed by atoms with Crippen LogP contribution < -0.4 is 10.2 Å². The predicted octanol–water partition coefficient (Wildman–Crippen LogP) is 9.00. The zero-order chi connectivity index (χ0) is 26.6. The van der Waals surface area contributed by atoms with Crippen molar-refractivity contribution in [2.24, 2.45) is 0 Å². The Bertz CT molecular complexity index is 1810. The van der Waals surface area contributed by atoms with E-state index in [0.717, 1.165) is 47.2 Å². The van der Waals surface area contributed by atoms with E-state index in [-0.39, 0.29) is 11.2 Å². The number of hydrogen-bond donors (Lipinski definition) is 1. The van der Waals surface area contributed by atoms with Gasteiger partial charge in [0.05, 0.1) is 21.7 Å². The van der Waals surface area contributed by atoms with Crippen molar-refractivity contribution in [2.75, 3.05) is 6.61 Å². The highest BCUT2D eigenvalue weighted by Gasteiger charge is 2.30. The normalized spacial score (nSPS) is 15.6. The SMILES string of the molecule is CCCOc1ccc(Cl)c2c(=O)c3cc([SH]4c5ccccc5C(=O)c5cc(C(C)C)ccc54)ccc3sc12. The number of hydrogen-bond acceptors (Lipinski definition) is 4. The number of thiol groups is 1. The molecule has 4 aromatic carbocycles. The van der Waals surface area contributed by atoms with E-state index in [1.54, 1.807) is 6.07 Å². The Kier molecular flexibility index (Phi) is 6.55. The van der Waals surface area contributed by atoms with E-state index in [2.05, 4.69) is 51.1 Å². The van der Waals surface area contributed by atoms with Gasteiger partial charge in [0.1, 0.15) is 5.75 Å². The van der Waals surface area contributed by atoms with E-state index in [9.17, 15) is 9.59 Å². The summed E-state index contributed by atoms with van der Waals surface area (Å²) in [4.78, 5) is 30.5. The van der Waals surface area contributed by atoms with Gasteiger partial charge in [-0.3, -0.25) is 9.59 Å². The van der Waals surface area contributed by atoms with Crippen molar-refractivity contribution < 1.29 is 9.53 Å². The fourth-order valence-corrected chi connectivity index (χ4v) is 9.08. The second-order valence-corrected chi connectivity index (χ2v) is 13.4. The number of benzene rings is 4. The summed E-state index contributed by atoms with van der Waals surface area (Å²) in [6, 6.07) is 23.9. The van der Waals surface area contributed by atoms with Crippen LogP contribution in [0.4, 0.5) is 0 Å². The molecule has 0 fully saturated rings. The van der Waals surface area contributed by atoms with E-state index >= 15 is 0 Å². The smallest absolute Gasteiger partial charge is 0.197 e. The lowest BCUT2D eigenvalue weighted by Gasteiger charge is -2.32. The molecule has 0 saturated heterocycles. The molecular formula is C32H27ClO3S2. The van der Waals surface area contributed by atoms with Gasteiger partial charge in [-0.15, -0.1) is 11.3 Å². The molecule has 1 aliphatic heterocycles. The Morgan fingerprint density at radius 1 is 0.921 bits per heavy atom. The molecule has 38 heavy (non-hydrogen) atoms. The molecule has 1 atom stereocenters. The van der Waals surface area contributed by atoms with E-state index in [0.29, 0.717) is 34.1 Å². The zero-order valence-corrected chi connectivity index (χ0v) is 23.8. The van der Waals surface area contributed by atoms with E-state index < -0.39 is 10.9 Å². The van der Waals surface area contributed by atoms with Crippen LogP contribution in [0.25, 0.3) is 20.2 Å².